The number of thiazole rings is 1. The van der Waals surface area contributed by atoms with Crippen LogP contribution in [-0.2, 0) is 16.4 Å². The first-order chi connectivity index (χ1) is 9.91. The average Bonchev–Trinajstić information content (AvgIpc) is 3.01. The van der Waals surface area contributed by atoms with Gasteiger partial charge in [-0.15, -0.1) is 0 Å². The second-order valence-electron chi connectivity index (χ2n) is 5.11. The number of fused-ring (bicyclic) bond motifs is 1. The molecule has 0 fully saturated rings. The molecule has 0 aliphatic heterocycles. The summed E-state index contributed by atoms with van der Waals surface area (Å²) in [6, 6.07) is 7.89. The maximum atomic E-state index is 12.8. The summed E-state index contributed by atoms with van der Waals surface area (Å²) >= 11 is 6.86. The summed E-state index contributed by atoms with van der Waals surface area (Å²) in [5, 5.41) is 0. The fourth-order valence-electron chi connectivity index (χ4n) is 2.80. The number of aromatic nitrogens is 1. The Morgan fingerprint density at radius 2 is 2.10 bits per heavy atom. The number of hydrogen-bond donors (Lipinski definition) is 0. The number of hydrogen-bond acceptors (Lipinski definition) is 4. The second kappa shape index (κ2) is 5.35. The molecule has 7 heteroatoms. The van der Waals surface area contributed by atoms with Gasteiger partial charge in [-0.05, 0) is 30.9 Å². The quantitative estimate of drug-likeness (QED) is 0.858. The number of halogens is 1. The molecule has 4 nitrogen and oxygen atoms in total. The summed E-state index contributed by atoms with van der Waals surface area (Å²) < 4.78 is 27.5. The van der Waals surface area contributed by atoms with E-state index in [1.165, 1.54) is 9.87 Å². The van der Waals surface area contributed by atoms with Crippen LogP contribution in [0.5, 0.6) is 0 Å². The SMILES string of the molecule is Cc1nc(Cl)sc1S(=O)(=O)N(C)C1CCc2ccccc21. The van der Waals surface area contributed by atoms with Gasteiger partial charge >= 0.3 is 0 Å². The van der Waals surface area contributed by atoms with Crippen LogP contribution in [0.1, 0.15) is 29.3 Å². The van der Waals surface area contributed by atoms with Crippen LogP contribution in [0.25, 0.3) is 0 Å². The molecule has 0 radical (unpaired) electrons. The maximum Gasteiger partial charge on any atom is 0.254 e. The summed E-state index contributed by atoms with van der Waals surface area (Å²) in [7, 11) is -1.94. The van der Waals surface area contributed by atoms with Gasteiger partial charge < -0.3 is 0 Å². The average molecular weight is 343 g/mol. The molecule has 1 aliphatic carbocycles. The standard InChI is InChI=1S/C14H15ClN2O2S2/c1-9-13(20-14(15)16-9)21(18,19)17(2)12-8-7-10-5-3-4-6-11(10)12/h3-6,12H,7-8H2,1-2H3. The maximum absolute atomic E-state index is 12.8. The minimum Gasteiger partial charge on any atom is -0.229 e. The first-order valence-electron chi connectivity index (χ1n) is 6.60. The van der Waals surface area contributed by atoms with E-state index in [-0.39, 0.29) is 14.7 Å². The molecule has 0 saturated heterocycles. The van der Waals surface area contributed by atoms with Crippen molar-refractivity contribution < 1.29 is 8.42 Å². The summed E-state index contributed by atoms with van der Waals surface area (Å²) in [5.41, 5.74) is 2.78. The van der Waals surface area contributed by atoms with E-state index >= 15 is 0 Å². The van der Waals surface area contributed by atoms with Crippen molar-refractivity contribution in [2.45, 2.75) is 30.0 Å². The molecule has 2 aromatic rings. The highest BCUT2D eigenvalue weighted by atomic mass is 35.5. The van der Waals surface area contributed by atoms with Gasteiger partial charge in [-0.2, -0.15) is 4.31 Å². The Balaban J connectivity index is 1.99. The highest BCUT2D eigenvalue weighted by Gasteiger charge is 2.35. The van der Waals surface area contributed by atoms with Crippen molar-refractivity contribution in [1.82, 2.24) is 9.29 Å². The van der Waals surface area contributed by atoms with Crippen LogP contribution < -0.4 is 0 Å². The van der Waals surface area contributed by atoms with E-state index in [2.05, 4.69) is 11.1 Å². The monoisotopic (exact) mass is 342 g/mol. The van der Waals surface area contributed by atoms with Gasteiger partial charge in [0, 0.05) is 7.05 Å². The number of benzene rings is 1. The number of rotatable bonds is 3. The van der Waals surface area contributed by atoms with Gasteiger partial charge in [-0.25, -0.2) is 13.4 Å². The topological polar surface area (TPSA) is 50.3 Å². The molecule has 3 rings (SSSR count). The normalized spacial score (nSPS) is 18.2. The molecule has 112 valence electrons. The van der Waals surface area contributed by atoms with E-state index in [4.69, 9.17) is 11.6 Å². The van der Waals surface area contributed by atoms with Gasteiger partial charge in [-0.1, -0.05) is 47.2 Å². The van der Waals surface area contributed by atoms with Crippen LogP contribution >= 0.6 is 22.9 Å². The molecule has 1 aromatic carbocycles. The van der Waals surface area contributed by atoms with Crippen molar-refractivity contribution in [1.29, 1.82) is 0 Å². The molecule has 0 N–H and O–H groups in total. The smallest absolute Gasteiger partial charge is 0.229 e. The van der Waals surface area contributed by atoms with E-state index in [0.717, 1.165) is 29.7 Å². The molecule has 1 atom stereocenters. The molecule has 21 heavy (non-hydrogen) atoms. The Morgan fingerprint density at radius 1 is 1.38 bits per heavy atom. The zero-order chi connectivity index (χ0) is 15.2. The number of sulfonamides is 1. The summed E-state index contributed by atoms with van der Waals surface area (Å²) in [6.45, 7) is 1.67. The van der Waals surface area contributed by atoms with Crippen molar-refractivity contribution in [3.05, 3.63) is 45.6 Å². The molecular formula is C14H15ClN2O2S2. The van der Waals surface area contributed by atoms with E-state index in [0.29, 0.717) is 5.69 Å². The lowest BCUT2D eigenvalue weighted by Crippen LogP contribution is -2.30. The summed E-state index contributed by atoms with van der Waals surface area (Å²) in [6.07, 6.45) is 1.71. The van der Waals surface area contributed by atoms with E-state index in [1.807, 2.05) is 18.2 Å². The van der Waals surface area contributed by atoms with Crippen LogP contribution in [0.3, 0.4) is 0 Å². The predicted octanol–water partition coefficient (Wildman–Crippen LogP) is 3.41. The Bertz CT molecular complexity index is 786. The minimum absolute atomic E-state index is 0.119. The fourth-order valence-corrected chi connectivity index (χ4v) is 6.07. The minimum atomic E-state index is -3.57. The van der Waals surface area contributed by atoms with Gasteiger partial charge in [0.1, 0.15) is 0 Å². The second-order valence-corrected chi connectivity index (χ2v) is 8.89. The molecule has 1 unspecified atom stereocenters. The molecule has 0 amide bonds. The fraction of sp³-hybridized carbons (Fsp3) is 0.357. The highest BCUT2D eigenvalue weighted by molar-refractivity contribution is 7.91. The molecule has 1 aromatic heterocycles. The number of nitrogens with zero attached hydrogens (tertiary/aromatic N) is 2. The zero-order valence-electron chi connectivity index (χ0n) is 11.7. The summed E-state index contributed by atoms with van der Waals surface area (Å²) in [4.78, 5) is 4.01. The Morgan fingerprint density at radius 3 is 2.76 bits per heavy atom. The third kappa shape index (κ3) is 2.50. The van der Waals surface area contributed by atoms with Crippen molar-refractivity contribution in [3.63, 3.8) is 0 Å². The van der Waals surface area contributed by atoms with Gasteiger partial charge in [-0.3, -0.25) is 0 Å². The van der Waals surface area contributed by atoms with Gasteiger partial charge in [0.05, 0.1) is 11.7 Å². The Hall–Kier alpha value is -0.950. The first-order valence-corrected chi connectivity index (χ1v) is 9.23. The predicted molar refractivity (Wildman–Crippen MR) is 84.3 cm³/mol. The third-order valence-electron chi connectivity index (χ3n) is 3.88. The van der Waals surface area contributed by atoms with Crippen LogP contribution in [0.15, 0.2) is 28.5 Å². The summed E-state index contributed by atoms with van der Waals surface area (Å²) in [5.74, 6) is 0. The first kappa shape index (κ1) is 15.0. The van der Waals surface area contributed by atoms with Gasteiger partial charge in [0.25, 0.3) is 10.0 Å². The lowest BCUT2D eigenvalue weighted by atomic mass is 10.1. The lowest BCUT2D eigenvalue weighted by molar-refractivity contribution is 0.375. The highest BCUT2D eigenvalue weighted by Crippen LogP contribution is 2.39. The van der Waals surface area contributed by atoms with Crippen molar-refractivity contribution in [3.8, 4) is 0 Å². The van der Waals surface area contributed by atoms with Crippen LogP contribution in [0, 0.1) is 6.92 Å². The van der Waals surface area contributed by atoms with Gasteiger partial charge in [0.2, 0.25) is 0 Å². The van der Waals surface area contributed by atoms with Crippen molar-refractivity contribution in [2.24, 2.45) is 0 Å². The van der Waals surface area contributed by atoms with Crippen molar-refractivity contribution >= 4 is 33.0 Å². The molecule has 0 saturated carbocycles. The van der Waals surface area contributed by atoms with E-state index in [1.54, 1.807) is 14.0 Å². The van der Waals surface area contributed by atoms with Crippen LogP contribution in [-0.4, -0.2) is 24.8 Å². The van der Waals surface area contributed by atoms with Crippen LogP contribution in [0.2, 0.25) is 4.47 Å². The van der Waals surface area contributed by atoms with Gasteiger partial charge in [0.15, 0.2) is 8.68 Å². The molecular weight excluding hydrogens is 328 g/mol. The Kier molecular flexibility index (Phi) is 3.81. The van der Waals surface area contributed by atoms with E-state index < -0.39 is 10.0 Å². The van der Waals surface area contributed by atoms with E-state index in [9.17, 15) is 8.42 Å². The van der Waals surface area contributed by atoms with Crippen LogP contribution in [0.4, 0.5) is 0 Å². The molecule has 0 bridgehead atoms. The molecule has 1 heterocycles. The number of aryl methyl sites for hydroxylation is 2. The largest absolute Gasteiger partial charge is 0.254 e. The Labute approximate surface area is 133 Å². The van der Waals surface area contributed by atoms with Crippen molar-refractivity contribution in [2.75, 3.05) is 7.05 Å². The lowest BCUT2D eigenvalue weighted by Gasteiger charge is -2.24. The third-order valence-corrected chi connectivity index (χ3v) is 7.60. The molecule has 0 spiro atoms. The molecule has 1 aliphatic rings. The zero-order valence-corrected chi connectivity index (χ0v) is 14.1.